The Bertz CT molecular complexity index is 514. The van der Waals surface area contributed by atoms with Gasteiger partial charge in [-0.25, -0.2) is 9.97 Å². The number of rotatable bonds is 3. The number of ether oxygens (including phenoxy) is 1. The minimum atomic E-state index is 0.548. The average molecular weight is 250 g/mol. The molecular formula is C12H12ClN3O. The molecule has 0 spiro atoms. The van der Waals surface area contributed by atoms with Crippen LogP contribution in [0.5, 0.6) is 5.75 Å². The average Bonchev–Trinajstić information content (AvgIpc) is 2.32. The summed E-state index contributed by atoms with van der Waals surface area (Å²) in [6.45, 7) is 0. The second kappa shape index (κ2) is 5.01. The number of aromatic nitrogens is 2. The fourth-order valence-corrected chi connectivity index (χ4v) is 1.71. The van der Waals surface area contributed by atoms with Crippen LogP contribution in [0.1, 0.15) is 11.4 Å². The molecule has 1 heterocycles. The van der Waals surface area contributed by atoms with Gasteiger partial charge in [0, 0.05) is 17.0 Å². The van der Waals surface area contributed by atoms with Crippen molar-refractivity contribution < 1.29 is 4.74 Å². The SMILES string of the molecule is COc1ccc(Cl)cc1Cc1ncc(N)cn1. The highest BCUT2D eigenvalue weighted by Gasteiger charge is 2.06. The first-order valence-electron chi connectivity index (χ1n) is 5.08. The standard InChI is InChI=1S/C12H12ClN3O/c1-17-11-3-2-9(13)4-8(11)5-12-15-6-10(14)7-16-12/h2-4,6-7H,5,14H2,1H3. The number of halogens is 1. The second-order valence-corrected chi connectivity index (χ2v) is 4.00. The molecule has 0 amide bonds. The fourth-order valence-electron chi connectivity index (χ4n) is 1.51. The maximum Gasteiger partial charge on any atom is 0.132 e. The third kappa shape index (κ3) is 2.85. The number of nitrogens with two attached hydrogens (primary N) is 1. The number of hydrogen-bond donors (Lipinski definition) is 1. The van der Waals surface area contributed by atoms with Crippen molar-refractivity contribution in [3.8, 4) is 5.75 Å². The largest absolute Gasteiger partial charge is 0.496 e. The van der Waals surface area contributed by atoms with Crippen molar-refractivity contribution in [3.05, 3.63) is 47.0 Å². The zero-order chi connectivity index (χ0) is 12.3. The van der Waals surface area contributed by atoms with Gasteiger partial charge in [0.15, 0.2) is 0 Å². The van der Waals surface area contributed by atoms with E-state index in [1.807, 2.05) is 12.1 Å². The van der Waals surface area contributed by atoms with Crippen molar-refractivity contribution in [2.45, 2.75) is 6.42 Å². The Labute approximate surface area is 104 Å². The maximum absolute atomic E-state index is 5.95. The summed E-state index contributed by atoms with van der Waals surface area (Å²) < 4.78 is 5.26. The van der Waals surface area contributed by atoms with Crippen LogP contribution in [-0.4, -0.2) is 17.1 Å². The van der Waals surface area contributed by atoms with E-state index in [0.29, 0.717) is 23.0 Å². The van der Waals surface area contributed by atoms with E-state index in [4.69, 9.17) is 22.1 Å². The summed E-state index contributed by atoms with van der Waals surface area (Å²) in [6.07, 6.45) is 3.72. The molecule has 17 heavy (non-hydrogen) atoms. The predicted octanol–water partition coefficient (Wildman–Crippen LogP) is 2.31. The molecule has 0 aliphatic carbocycles. The van der Waals surface area contributed by atoms with Crippen molar-refractivity contribution in [2.24, 2.45) is 0 Å². The van der Waals surface area contributed by atoms with E-state index in [0.717, 1.165) is 11.3 Å². The number of benzene rings is 1. The van der Waals surface area contributed by atoms with Gasteiger partial charge in [-0.1, -0.05) is 11.6 Å². The van der Waals surface area contributed by atoms with Crippen LogP contribution in [0.2, 0.25) is 5.02 Å². The zero-order valence-electron chi connectivity index (χ0n) is 9.35. The molecule has 4 nitrogen and oxygen atoms in total. The number of nitrogen functional groups attached to an aromatic ring is 1. The van der Waals surface area contributed by atoms with Gasteiger partial charge in [-0.05, 0) is 18.2 Å². The third-order valence-corrected chi connectivity index (χ3v) is 2.55. The molecule has 88 valence electrons. The van der Waals surface area contributed by atoms with Gasteiger partial charge in [-0.3, -0.25) is 0 Å². The van der Waals surface area contributed by atoms with Crippen LogP contribution in [0.4, 0.5) is 5.69 Å². The Morgan fingerprint density at radius 1 is 1.29 bits per heavy atom. The van der Waals surface area contributed by atoms with Gasteiger partial charge in [-0.2, -0.15) is 0 Å². The summed E-state index contributed by atoms with van der Waals surface area (Å²) in [5.41, 5.74) is 7.03. The first-order valence-corrected chi connectivity index (χ1v) is 5.45. The lowest BCUT2D eigenvalue weighted by molar-refractivity contribution is 0.410. The van der Waals surface area contributed by atoms with E-state index >= 15 is 0 Å². The van der Waals surface area contributed by atoms with E-state index < -0.39 is 0 Å². The first kappa shape index (κ1) is 11.7. The van der Waals surface area contributed by atoms with E-state index in [1.54, 1.807) is 25.6 Å². The molecule has 0 aliphatic rings. The molecule has 2 N–H and O–H groups in total. The van der Waals surface area contributed by atoms with Crippen LogP contribution in [0.15, 0.2) is 30.6 Å². The van der Waals surface area contributed by atoms with Gasteiger partial charge in [-0.15, -0.1) is 0 Å². The van der Waals surface area contributed by atoms with Gasteiger partial charge in [0.05, 0.1) is 25.2 Å². The van der Waals surface area contributed by atoms with Crippen molar-refractivity contribution >= 4 is 17.3 Å². The van der Waals surface area contributed by atoms with E-state index in [2.05, 4.69) is 9.97 Å². The van der Waals surface area contributed by atoms with Crippen LogP contribution < -0.4 is 10.5 Å². The van der Waals surface area contributed by atoms with Crippen LogP contribution in [-0.2, 0) is 6.42 Å². The lowest BCUT2D eigenvalue weighted by Gasteiger charge is -2.08. The molecule has 5 heteroatoms. The van der Waals surface area contributed by atoms with Crippen molar-refractivity contribution in [2.75, 3.05) is 12.8 Å². The Morgan fingerprint density at radius 2 is 2.00 bits per heavy atom. The molecule has 0 bridgehead atoms. The molecule has 0 atom stereocenters. The topological polar surface area (TPSA) is 61.0 Å². The summed E-state index contributed by atoms with van der Waals surface area (Å²) in [4.78, 5) is 8.29. The molecule has 2 rings (SSSR count). The summed E-state index contributed by atoms with van der Waals surface area (Å²) in [6, 6.07) is 5.46. The summed E-state index contributed by atoms with van der Waals surface area (Å²) in [5.74, 6) is 1.45. The fraction of sp³-hybridized carbons (Fsp3) is 0.167. The maximum atomic E-state index is 5.95. The first-order chi connectivity index (χ1) is 8.19. The summed E-state index contributed by atoms with van der Waals surface area (Å²) in [7, 11) is 1.62. The molecule has 1 aromatic heterocycles. The molecule has 0 saturated carbocycles. The van der Waals surface area contributed by atoms with Crippen LogP contribution in [0.3, 0.4) is 0 Å². The number of anilines is 1. The summed E-state index contributed by atoms with van der Waals surface area (Å²) >= 11 is 5.95. The number of nitrogens with zero attached hydrogens (tertiary/aromatic N) is 2. The number of hydrogen-bond acceptors (Lipinski definition) is 4. The van der Waals surface area contributed by atoms with E-state index in [1.165, 1.54) is 0 Å². The molecular weight excluding hydrogens is 238 g/mol. The van der Waals surface area contributed by atoms with Crippen LogP contribution >= 0.6 is 11.6 Å². The zero-order valence-corrected chi connectivity index (χ0v) is 10.1. The van der Waals surface area contributed by atoms with Crippen molar-refractivity contribution in [3.63, 3.8) is 0 Å². The summed E-state index contributed by atoms with van der Waals surface area (Å²) in [5, 5.41) is 0.663. The lowest BCUT2D eigenvalue weighted by Crippen LogP contribution is -1.99. The predicted molar refractivity (Wildman–Crippen MR) is 67.3 cm³/mol. The molecule has 0 aliphatic heterocycles. The van der Waals surface area contributed by atoms with Crippen molar-refractivity contribution in [1.29, 1.82) is 0 Å². The van der Waals surface area contributed by atoms with Gasteiger partial charge < -0.3 is 10.5 Å². The molecule has 0 unspecified atom stereocenters. The molecule has 1 aromatic carbocycles. The third-order valence-electron chi connectivity index (χ3n) is 2.32. The van der Waals surface area contributed by atoms with Crippen molar-refractivity contribution in [1.82, 2.24) is 9.97 Å². The smallest absolute Gasteiger partial charge is 0.132 e. The van der Waals surface area contributed by atoms with Gasteiger partial charge in [0.25, 0.3) is 0 Å². The Morgan fingerprint density at radius 3 is 2.65 bits per heavy atom. The highest BCUT2D eigenvalue weighted by Crippen LogP contribution is 2.24. The number of methoxy groups -OCH3 is 1. The van der Waals surface area contributed by atoms with E-state index in [9.17, 15) is 0 Å². The quantitative estimate of drug-likeness (QED) is 0.907. The normalized spacial score (nSPS) is 10.2. The highest BCUT2D eigenvalue weighted by atomic mass is 35.5. The van der Waals surface area contributed by atoms with Crippen LogP contribution in [0, 0.1) is 0 Å². The molecule has 2 aromatic rings. The Balaban J connectivity index is 2.28. The minimum absolute atomic E-state index is 0.548. The highest BCUT2D eigenvalue weighted by molar-refractivity contribution is 6.30. The Hall–Kier alpha value is -1.81. The van der Waals surface area contributed by atoms with Gasteiger partial charge >= 0.3 is 0 Å². The molecule has 0 radical (unpaired) electrons. The van der Waals surface area contributed by atoms with E-state index in [-0.39, 0.29) is 0 Å². The Kier molecular flexibility index (Phi) is 3.44. The van der Waals surface area contributed by atoms with Gasteiger partial charge in [0.2, 0.25) is 0 Å². The second-order valence-electron chi connectivity index (χ2n) is 3.57. The molecule has 0 fully saturated rings. The minimum Gasteiger partial charge on any atom is -0.496 e. The molecule has 0 saturated heterocycles. The van der Waals surface area contributed by atoms with Crippen LogP contribution in [0.25, 0.3) is 0 Å². The monoisotopic (exact) mass is 249 g/mol. The van der Waals surface area contributed by atoms with Gasteiger partial charge in [0.1, 0.15) is 11.6 Å². The lowest BCUT2D eigenvalue weighted by atomic mass is 10.1.